The van der Waals surface area contributed by atoms with Crippen LogP contribution in [0.5, 0.6) is 0 Å². The smallest absolute Gasteiger partial charge is 0.240 e. The minimum Gasteiger partial charge on any atom is -0.366 e. The van der Waals surface area contributed by atoms with Gasteiger partial charge in [-0.1, -0.05) is 26.7 Å². The third-order valence-corrected chi connectivity index (χ3v) is 3.57. The molecule has 0 aliphatic heterocycles. The van der Waals surface area contributed by atoms with Crippen molar-refractivity contribution in [2.24, 2.45) is 5.41 Å². The maximum Gasteiger partial charge on any atom is 0.240 e. The van der Waals surface area contributed by atoms with E-state index in [1.165, 1.54) is 23.9 Å². The lowest BCUT2D eigenvalue weighted by Crippen LogP contribution is -2.30. The van der Waals surface area contributed by atoms with E-state index in [9.17, 15) is 0 Å². The Balaban J connectivity index is 2.33. The second-order valence-electron chi connectivity index (χ2n) is 5.07. The Kier molecular flexibility index (Phi) is 2.32. The maximum atomic E-state index is 5.82. The number of hydrogen-bond donors (Lipinski definition) is 2. The van der Waals surface area contributed by atoms with Crippen LogP contribution in [0.4, 0.5) is 5.95 Å². The van der Waals surface area contributed by atoms with Gasteiger partial charge in [0.05, 0.1) is 0 Å². The first-order valence-electron chi connectivity index (χ1n) is 5.48. The van der Waals surface area contributed by atoms with Crippen LogP contribution < -0.4 is 11.6 Å². The molecule has 0 spiro atoms. The summed E-state index contributed by atoms with van der Waals surface area (Å²) >= 11 is 0. The van der Waals surface area contributed by atoms with Gasteiger partial charge in [0, 0.05) is 5.92 Å². The SMILES string of the molecule is CC1(C)CCCCC1c1nnc(N)n1N. The summed E-state index contributed by atoms with van der Waals surface area (Å²) in [6.45, 7) is 4.53. The Labute approximate surface area is 89.8 Å². The van der Waals surface area contributed by atoms with Crippen LogP contribution in [0.2, 0.25) is 0 Å². The number of nitrogens with two attached hydrogens (primary N) is 2. The molecular formula is C10H19N5. The minimum absolute atomic E-state index is 0.245. The third kappa shape index (κ3) is 1.66. The Hall–Kier alpha value is -1.26. The standard InChI is InChI=1S/C10H19N5/c1-10(2)6-4-3-5-7(10)8-13-14-9(11)15(8)12/h7H,3-6,12H2,1-2H3,(H2,11,14). The monoisotopic (exact) mass is 209 g/mol. The molecule has 15 heavy (non-hydrogen) atoms. The van der Waals surface area contributed by atoms with Crippen LogP contribution in [0.15, 0.2) is 0 Å². The van der Waals surface area contributed by atoms with Crippen LogP contribution in [-0.4, -0.2) is 14.9 Å². The van der Waals surface area contributed by atoms with Crippen molar-refractivity contribution in [3.8, 4) is 0 Å². The maximum absolute atomic E-state index is 5.82. The molecule has 0 bridgehead atoms. The highest BCUT2D eigenvalue weighted by Crippen LogP contribution is 2.45. The number of anilines is 1. The van der Waals surface area contributed by atoms with Crippen molar-refractivity contribution in [3.63, 3.8) is 0 Å². The zero-order valence-corrected chi connectivity index (χ0v) is 9.40. The molecule has 2 rings (SSSR count). The topological polar surface area (TPSA) is 82.8 Å². The summed E-state index contributed by atoms with van der Waals surface area (Å²) in [5.74, 6) is 7.33. The van der Waals surface area contributed by atoms with Gasteiger partial charge in [0.25, 0.3) is 0 Å². The fourth-order valence-electron chi connectivity index (χ4n) is 2.53. The van der Waals surface area contributed by atoms with Crippen LogP contribution in [0.25, 0.3) is 0 Å². The van der Waals surface area contributed by atoms with Gasteiger partial charge in [0.15, 0.2) is 5.82 Å². The first-order valence-corrected chi connectivity index (χ1v) is 5.48. The average Bonchev–Trinajstić information content (AvgIpc) is 2.48. The highest BCUT2D eigenvalue weighted by atomic mass is 15.4. The van der Waals surface area contributed by atoms with Crippen LogP contribution in [0.1, 0.15) is 51.3 Å². The fourth-order valence-corrected chi connectivity index (χ4v) is 2.53. The second-order valence-corrected chi connectivity index (χ2v) is 5.07. The molecule has 0 aromatic carbocycles. The van der Waals surface area contributed by atoms with E-state index in [1.807, 2.05) is 0 Å². The van der Waals surface area contributed by atoms with Crippen molar-refractivity contribution in [1.29, 1.82) is 0 Å². The van der Waals surface area contributed by atoms with Crippen molar-refractivity contribution in [2.45, 2.75) is 45.4 Å². The predicted molar refractivity (Wildman–Crippen MR) is 59.6 cm³/mol. The Bertz CT molecular complexity index is 355. The molecule has 84 valence electrons. The van der Waals surface area contributed by atoms with Gasteiger partial charge in [-0.2, -0.15) is 0 Å². The number of aromatic nitrogens is 3. The first-order chi connectivity index (χ1) is 7.02. The second kappa shape index (κ2) is 3.40. The van der Waals surface area contributed by atoms with Crippen LogP contribution in [0, 0.1) is 5.41 Å². The van der Waals surface area contributed by atoms with Gasteiger partial charge < -0.3 is 11.6 Å². The van der Waals surface area contributed by atoms with Crippen LogP contribution in [0.3, 0.4) is 0 Å². The van der Waals surface area contributed by atoms with E-state index < -0.39 is 0 Å². The molecule has 1 aliphatic rings. The van der Waals surface area contributed by atoms with Crippen molar-refractivity contribution >= 4 is 5.95 Å². The number of nitrogens with zero attached hydrogens (tertiary/aromatic N) is 3. The van der Waals surface area contributed by atoms with E-state index >= 15 is 0 Å². The van der Waals surface area contributed by atoms with Crippen LogP contribution in [-0.2, 0) is 0 Å². The van der Waals surface area contributed by atoms with Crippen molar-refractivity contribution in [2.75, 3.05) is 11.6 Å². The highest BCUT2D eigenvalue weighted by molar-refractivity contribution is 5.20. The van der Waals surface area contributed by atoms with Gasteiger partial charge in [0.1, 0.15) is 0 Å². The molecule has 1 unspecified atom stereocenters. The Morgan fingerprint density at radius 1 is 1.33 bits per heavy atom. The highest BCUT2D eigenvalue weighted by Gasteiger charge is 2.36. The minimum atomic E-state index is 0.245. The van der Waals surface area contributed by atoms with E-state index in [2.05, 4.69) is 24.0 Å². The lowest BCUT2D eigenvalue weighted by Gasteiger charge is -2.37. The summed E-state index contributed by atoms with van der Waals surface area (Å²) in [7, 11) is 0. The Morgan fingerprint density at radius 3 is 2.60 bits per heavy atom. The zero-order valence-electron chi connectivity index (χ0n) is 9.40. The molecular weight excluding hydrogens is 190 g/mol. The molecule has 1 fully saturated rings. The molecule has 1 atom stereocenters. The van der Waals surface area contributed by atoms with Crippen molar-refractivity contribution in [1.82, 2.24) is 14.9 Å². The summed E-state index contributed by atoms with van der Waals surface area (Å²) in [4.78, 5) is 0. The molecule has 5 nitrogen and oxygen atoms in total. The number of hydrogen-bond acceptors (Lipinski definition) is 4. The summed E-state index contributed by atoms with van der Waals surface area (Å²) in [6.07, 6.45) is 4.87. The fraction of sp³-hybridized carbons (Fsp3) is 0.800. The van der Waals surface area contributed by atoms with Gasteiger partial charge in [-0.3, -0.25) is 0 Å². The summed E-state index contributed by atoms with van der Waals surface area (Å²) in [6, 6.07) is 0. The van der Waals surface area contributed by atoms with E-state index in [1.54, 1.807) is 0 Å². The molecule has 1 aliphatic carbocycles. The van der Waals surface area contributed by atoms with Crippen molar-refractivity contribution in [3.05, 3.63) is 5.82 Å². The predicted octanol–water partition coefficient (Wildman–Crippen LogP) is 1.26. The summed E-state index contributed by atoms with van der Waals surface area (Å²) in [5.41, 5.74) is 5.85. The lowest BCUT2D eigenvalue weighted by molar-refractivity contribution is 0.190. The molecule has 5 heteroatoms. The third-order valence-electron chi connectivity index (χ3n) is 3.57. The normalized spacial score (nSPS) is 25.3. The molecule has 1 aromatic heterocycles. The van der Waals surface area contributed by atoms with Gasteiger partial charge in [-0.15, -0.1) is 10.2 Å². The van der Waals surface area contributed by atoms with Gasteiger partial charge >= 0.3 is 0 Å². The summed E-state index contributed by atoms with van der Waals surface area (Å²) < 4.78 is 1.43. The molecule has 0 radical (unpaired) electrons. The quantitative estimate of drug-likeness (QED) is 0.682. The van der Waals surface area contributed by atoms with E-state index in [0.29, 0.717) is 11.9 Å². The molecule has 1 saturated carbocycles. The molecule has 4 N–H and O–H groups in total. The lowest BCUT2D eigenvalue weighted by atomic mass is 9.68. The molecule has 0 amide bonds. The first kappa shape index (κ1) is 10.3. The Morgan fingerprint density at radius 2 is 2.07 bits per heavy atom. The van der Waals surface area contributed by atoms with Gasteiger partial charge in [-0.25, -0.2) is 4.68 Å². The van der Waals surface area contributed by atoms with E-state index in [4.69, 9.17) is 11.6 Å². The van der Waals surface area contributed by atoms with Gasteiger partial charge in [0.2, 0.25) is 5.95 Å². The average molecular weight is 209 g/mol. The molecule has 1 aromatic rings. The molecule has 0 saturated heterocycles. The van der Waals surface area contributed by atoms with E-state index in [-0.39, 0.29) is 5.41 Å². The van der Waals surface area contributed by atoms with E-state index in [0.717, 1.165) is 12.2 Å². The van der Waals surface area contributed by atoms with Crippen molar-refractivity contribution < 1.29 is 0 Å². The van der Waals surface area contributed by atoms with Crippen LogP contribution >= 0.6 is 0 Å². The largest absolute Gasteiger partial charge is 0.366 e. The molecule has 1 heterocycles. The zero-order chi connectivity index (χ0) is 11.1. The summed E-state index contributed by atoms with van der Waals surface area (Å²) in [5, 5.41) is 7.92. The number of nitrogen functional groups attached to an aromatic ring is 2. The van der Waals surface area contributed by atoms with Gasteiger partial charge in [-0.05, 0) is 18.3 Å². The number of rotatable bonds is 1.